The molecule has 0 fully saturated rings. The molecule has 0 saturated carbocycles. The predicted octanol–water partition coefficient (Wildman–Crippen LogP) is 11.0. The van der Waals surface area contributed by atoms with E-state index in [2.05, 4.69) is 147 Å². The van der Waals surface area contributed by atoms with Crippen LogP contribution in [-0.4, -0.2) is 9.52 Å². The number of aryl methyl sites for hydroxylation is 1. The molecule has 6 rings (SSSR count). The Kier molecular flexibility index (Phi) is 11.7. The van der Waals surface area contributed by atoms with E-state index in [1.54, 1.807) is 0 Å². The van der Waals surface area contributed by atoms with Crippen molar-refractivity contribution in [2.75, 3.05) is 0 Å². The zero-order valence-corrected chi connectivity index (χ0v) is 32.6. The van der Waals surface area contributed by atoms with Crippen molar-refractivity contribution in [3.05, 3.63) is 113 Å². The van der Waals surface area contributed by atoms with Crippen LogP contribution in [0.4, 0.5) is 0 Å². The Bertz CT molecular complexity index is 1640. The summed E-state index contributed by atoms with van der Waals surface area (Å²) in [5, 5.41) is 5.60. The summed E-state index contributed by atoms with van der Waals surface area (Å²) in [6.45, 7) is 20.8. The third-order valence-electron chi connectivity index (χ3n) is 8.30. The van der Waals surface area contributed by atoms with Gasteiger partial charge in [-0.1, -0.05) is 127 Å². The van der Waals surface area contributed by atoms with Crippen LogP contribution in [0, 0.1) is 6.07 Å². The van der Waals surface area contributed by atoms with Gasteiger partial charge >= 0.3 is 37.9 Å². The fourth-order valence-electron chi connectivity index (χ4n) is 5.73. The van der Waals surface area contributed by atoms with Gasteiger partial charge in [-0.2, -0.15) is 35.5 Å². The molecule has 0 spiro atoms. The van der Waals surface area contributed by atoms with Crippen LogP contribution in [0.2, 0.25) is 0 Å². The summed E-state index contributed by atoms with van der Waals surface area (Å²) in [5.41, 5.74) is 11.6. The largest absolute Gasteiger partial charge is 0.184 e. The van der Waals surface area contributed by atoms with Crippen LogP contribution in [0.1, 0.15) is 90.5 Å². The summed E-state index contributed by atoms with van der Waals surface area (Å²) in [7, 11) is 10.7. The van der Waals surface area contributed by atoms with Crippen molar-refractivity contribution in [2.45, 2.75) is 85.5 Å². The fourth-order valence-corrected chi connectivity index (χ4v) is 7.04. The van der Waals surface area contributed by atoms with Crippen LogP contribution >= 0.6 is 17.0 Å². The van der Waals surface area contributed by atoms with Crippen molar-refractivity contribution in [1.29, 1.82) is 0 Å². The topological polar surface area (TPSA) is 0 Å². The number of fused-ring (bicyclic) bond motifs is 4. The van der Waals surface area contributed by atoms with Gasteiger partial charge in [0.1, 0.15) is 0 Å². The molecule has 0 unspecified atom stereocenters. The molecule has 0 aromatic heterocycles. The number of hydrogen-bond acceptors (Lipinski definition) is 0. The number of rotatable bonds is 3. The molecular weight excluding hydrogens is 671 g/mol. The molecule has 0 aliphatic carbocycles. The Balaban J connectivity index is 0.000000226. The van der Waals surface area contributed by atoms with Crippen LogP contribution in [-0.2, 0) is 38.1 Å². The Morgan fingerprint density at radius 3 is 2.02 bits per heavy atom. The minimum absolute atomic E-state index is 0.127. The summed E-state index contributed by atoms with van der Waals surface area (Å²) >= 11 is -0.826. The smallest absolute Gasteiger partial charge is 0.0920 e. The SMILES string of the molecule is CCc1cc2c(-c3cc(C(C)(C)C)cc(C(C)(C)C)c3)c(C(C)C)ccc2[cH-]1.[Cl][Zr+2][Cl].[c-]1cccc2c1[Si]c1ccccc1-2. The van der Waals surface area contributed by atoms with Gasteiger partial charge in [0.05, 0.1) is 9.52 Å². The molecule has 0 atom stereocenters. The molecule has 1 aliphatic rings. The number of hydrogen-bond donors (Lipinski definition) is 0. The van der Waals surface area contributed by atoms with Crippen LogP contribution in [0.25, 0.3) is 33.0 Å². The van der Waals surface area contributed by atoms with E-state index >= 15 is 0 Å². The molecule has 0 bridgehead atoms. The second-order valence-electron chi connectivity index (χ2n) is 13.9. The van der Waals surface area contributed by atoms with Crippen molar-refractivity contribution in [1.82, 2.24) is 0 Å². The van der Waals surface area contributed by atoms with Gasteiger partial charge in [0.25, 0.3) is 0 Å². The molecule has 226 valence electrons. The average molecular weight is 715 g/mol. The second-order valence-corrected chi connectivity index (χ2v) is 18.9. The molecule has 0 amide bonds. The first-order chi connectivity index (χ1) is 20.8. The van der Waals surface area contributed by atoms with Crippen molar-refractivity contribution in [2.24, 2.45) is 0 Å². The molecule has 44 heavy (non-hydrogen) atoms. The average Bonchev–Trinajstić information content (AvgIpc) is 3.57. The maximum atomic E-state index is 4.93. The van der Waals surface area contributed by atoms with Crippen LogP contribution in [0.15, 0.2) is 84.9 Å². The quantitative estimate of drug-likeness (QED) is 0.126. The second kappa shape index (κ2) is 14.7. The molecule has 4 heteroatoms. The zero-order chi connectivity index (χ0) is 32.2. The van der Waals surface area contributed by atoms with Gasteiger partial charge in [0, 0.05) is 0 Å². The Morgan fingerprint density at radius 2 is 1.43 bits per heavy atom. The summed E-state index contributed by atoms with van der Waals surface area (Å²) in [5.74, 6) is 0.496. The normalized spacial score (nSPS) is 12.1. The zero-order valence-electron chi connectivity index (χ0n) is 27.6. The molecule has 2 radical (unpaired) electrons. The summed E-state index contributed by atoms with van der Waals surface area (Å²) < 4.78 is 0. The van der Waals surface area contributed by atoms with Crippen LogP contribution < -0.4 is 10.4 Å². The maximum Gasteiger partial charge on any atom is 0.0920 e. The first-order valence-corrected chi connectivity index (χ1v) is 22.8. The molecule has 1 aliphatic heterocycles. The molecule has 0 N–H and O–H groups in total. The number of benzene rings is 4. The Hall–Kier alpha value is -1.83. The van der Waals surface area contributed by atoms with Crippen molar-refractivity contribution in [3.63, 3.8) is 0 Å². The van der Waals surface area contributed by atoms with E-state index in [1.165, 1.54) is 65.7 Å². The summed E-state index contributed by atoms with van der Waals surface area (Å²) in [4.78, 5) is 0. The van der Waals surface area contributed by atoms with Gasteiger partial charge in [-0.05, 0) is 39.9 Å². The summed E-state index contributed by atoms with van der Waals surface area (Å²) in [6, 6.07) is 34.9. The van der Waals surface area contributed by atoms with E-state index in [9.17, 15) is 0 Å². The van der Waals surface area contributed by atoms with Crippen molar-refractivity contribution < 1.29 is 20.8 Å². The van der Waals surface area contributed by atoms with E-state index < -0.39 is 20.8 Å². The third kappa shape index (κ3) is 8.11. The van der Waals surface area contributed by atoms with Gasteiger partial charge in [-0.15, -0.1) is 40.1 Å². The predicted molar refractivity (Wildman–Crippen MR) is 193 cm³/mol. The van der Waals surface area contributed by atoms with Crippen molar-refractivity contribution in [3.8, 4) is 22.3 Å². The van der Waals surface area contributed by atoms with Gasteiger partial charge in [-0.25, -0.2) is 0 Å². The van der Waals surface area contributed by atoms with E-state index in [4.69, 9.17) is 17.0 Å². The van der Waals surface area contributed by atoms with Crippen LogP contribution in [0.3, 0.4) is 0 Å². The van der Waals surface area contributed by atoms with E-state index in [0.717, 1.165) is 15.9 Å². The standard InChI is InChI=1S/C28H37.C12H7Si.2ClH.Zr/c1-10-19-13-20-11-12-24(18(2)3)26(25(20)14-19)21-15-22(27(4,5)6)17-23(16-21)28(7,8)9;1-3-7-11-9(5-1)10-6-2-4-8-12(10)13-11;;;/h11-18H,10H2,1-9H3;1-7H;2*1H;/q2*-1;;;+4/p-2. The molecule has 5 aromatic carbocycles. The van der Waals surface area contributed by atoms with E-state index in [1.807, 2.05) is 6.07 Å². The molecular formula is C40H44Cl2SiZr. The van der Waals surface area contributed by atoms with Gasteiger partial charge in [0.15, 0.2) is 0 Å². The number of halogens is 2. The van der Waals surface area contributed by atoms with E-state index in [-0.39, 0.29) is 10.8 Å². The Morgan fingerprint density at radius 1 is 0.818 bits per heavy atom. The van der Waals surface area contributed by atoms with Crippen LogP contribution in [0.5, 0.6) is 0 Å². The van der Waals surface area contributed by atoms with Gasteiger partial charge < -0.3 is 0 Å². The minimum atomic E-state index is -0.826. The maximum absolute atomic E-state index is 4.93. The minimum Gasteiger partial charge on any atom is -0.184 e. The molecule has 0 nitrogen and oxygen atoms in total. The van der Waals surface area contributed by atoms with Crippen molar-refractivity contribution >= 4 is 47.7 Å². The van der Waals surface area contributed by atoms with Gasteiger partial charge in [-0.3, -0.25) is 0 Å². The van der Waals surface area contributed by atoms with E-state index in [0.29, 0.717) is 5.92 Å². The summed E-state index contributed by atoms with van der Waals surface area (Å²) in [6.07, 6.45) is 1.08. The first-order valence-electron chi connectivity index (χ1n) is 15.5. The fraction of sp³-hybridized carbons (Fsp3) is 0.325. The molecule has 1 heterocycles. The first kappa shape index (κ1) is 35.0. The Labute approximate surface area is 287 Å². The van der Waals surface area contributed by atoms with Gasteiger partial charge in [0.2, 0.25) is 0 Å². The molecule has 0 saturated heterocycles. The monoisotopic (exact) mass is 712 g/mol. The molecule has 5 aromatic rings. The third-order valence-corrected chi connectivity index (χ3v) is 9.67.